The van der Waals surface area contributed by atoms with Crippen LogP contribution < -0.4 is 9.54 Å². The van der Waals surface area contributed by atoms with Crippen LogP contribution in [0.4, 0.5) is 0 Å². The van der Waals surface area contributed by atoms with Crippen molar-refractivity contribution in [2.75, 3.05) is 7.11 Å². The van der Waals surface area contributed by atoms with Crippen molar-refractivity contribution < 1.29 is 9.53 Å². The fraction of sp³-hybridized carbons (Fsp3) is 0.200. The highest BCUT2D eigenvalue weighted by atomic mass is 35.5. The number of hydrogen-bond acceptors (Lipinski definition) is 4. The van der Waals surface area contributed by atoms with Crippen molar-refractivity contribution in [1.82, 2.24) is 4.57 Å². The van der Waals surface area contributed by atoms with E-state index in [1.54, 1.807) is 13.2 Å². The molecule has 0 aliphatic heterocycles. The van der Waals surface area contributed by atoms with E-state index < -0.39 is 0 Å². The molecule has 0 fully saturated rings. The Balaban J connectivity index is 1.94. The van der Waals surface area contributed by atoms with Crippen LogP contribution in [-0.2, 0) is 18.3 Å². The topological polar surface area (TPSA) is 43.6 Å². The zero-order chi connectivity index (χ0) is 15.7. The maximum absolute atomic E-state index is 12.1. The number of ether oxygens (including phenoxy) is 1. The minimum atomic E-state index is -0.173. The fourth-order valence-electron chi connectivity index (χ4n) is 2.09. The van der Waals surface area contributed by atoms with Crippen LogP contribution in [-0.4, -0.2) is 17.6 Å². The Kier molecular flexibility index (Phi) is 4.33. The molecule has 3 rings (SSSR count). The van der Waals surface area contributed by atoms with Gasteiger partial charge in [0.25, 0.3) is 5.91 Å². The monoisotopic (exact) mass is 352 g/mol. The van der Waals surface area contributed by atoms with E-state index >= 15 is 0 Å². The van der Waals surface area contributed by atoms with Crippen molar-refractivity contribution in [1.29, 1.82) is 0 Å². The molecule has 0 saturated carbocycles. The smallest absolute Gasteiger partial charge is 0.253 e. The third-order valence-corrected chi connectivity index (χ3v) is 5.52. The summed E-state index contributed by atoms with van der Waals surface area (Å²) >= 11 is 8.75. The molecule has 4 nitrogen and oxygen atoms in total. The average molecular weight is 353 g/mol. The summed E-state index contributed by atoms with van der Waals surface area (Å²) < 4.78 is 8.86. The first kappa shape index (κ1) is 15.3. The molecule has 114 valence electrons. The minimum absolute atomic E-state index is 0.173. The summed E-state index contributed by atoms with van der Waals surface area (Å²) in [7, 11) is 3.54. The summed E-state index contributed by atoms with van der Waals surface area (Å²) in [4.78, 5) is 17.9. The lowest BCUT2D eigenvalue weighted by atomic mass is 10.3. The number of nitrogens with zero attached hydrogens (tertiary/aromatic N) is 2. The second kappa shape index (κ2) is 6.24. The van der Waals surface area contributed by atoms with Gasteiger partial charge in [-0.15, -0.1) is 11.3 Å². The number of hydrogen-bond donors (Lipinski definition) is 0. The standard InChI is InChI=1S/C15H13ClN2O2S2/c1-18-11-5-3-9(20-2)7-12(11)22-15(18)17-14(19)8-10-4-6-13(16)21-10/h3-7H,8H2,1-2H3. The highest BCUT2D eigenvalue weighted by molar-refractivity contribution is 7.16. The zero-order valence-electron chi connectivity index (χ0n) is 12.0. The van der Waals surface area contributed by atoms with Gasteiger partial charge in [0.2, 0.25) is 0 Å². The first-order valence-electron chi connectivity index (χ1n) is 6.52. The summed E-state index contributed by atoms with van der Waals surface area (Å²) in [5.41, 5.74) is 1.02. The summed E-state index contributed by atoms with van der Waals surface area (Å²) in [6, 6.07) is 9.46. The van der Waals surface area contributed by atoms with Crippen LogP contribution in [0.15, 0.2) is 35.3 Å². The Morgan fingerprint density at radius 2 is 2.14 bits per heavy atom. The van der Waals surface area contributed by atoms with Crippen LogP contribution in [0.3, 0.4) is 0 Å². The van der Waals surface area contributed by atoms with Gasteiger partial charge < -0.3 is 9.30 Å². The molecule has 0 atom stereocenters. The summed E-state index contributed by atoms with van der Waals surface area (Å²) in [6.07, 6.45) is 0.273. The van der Waals surface area contributed by atoms with Gasteiger partial charge in [0.15, 0.2) is 4.80 Å². The Bertz CT molecular complexity index is 908. The van der Waals surface area contributed by atoms with E-state index in [-0.39, 0.29) is 12.3 Å². The normalized spacial score (nSPS) is 12.0. The van der Waals surface area contributed by atoms with Crippen LogP contribution in [0.5, 0.6) is 5.75 Å². The molecule has 1 amide bonds. The molecular formula is C15H13ClN2O2S2. The zero-order valence-corrected chi connectivity index (χ0v) is 14.4. The number of aromatic nitrogens is 1. The number of amides is 1. The maximum atomic E-state index is 12.1. The number of fused-ring (bicyclic) bond motifs is 1. The second-order valence-electron chi connectivity index (χ2n) is 4.67. The van der Waals surface area contributed by atoms with Gasteiger partial charge in [-0.2, -0.15) is 4.99 Å². The highest BCUT2D eigenvalue weighted by Crippen LogP contribution is 2.23. The van der Waals surface area contributed by atoms with E-state index in [2.05, 4.69) is 4.99 Å². The number of benzene rings is 1. The van der Waals surface area contributed by atoms with Crippen LogP contribution in [0.2, 0.25) is 4.34 Å². The number of rotatable bonds is 3. The van der Waals surface area contributed by atoms with Gasteiger partial charge >= 0.3 is 0 Å². The van der Waals surface area contributed by atoms with E-state index in [4.69, 9.17) is 16.3 Å². The van der Waals surface area contributed by atoms with Gasteiger partial charge in [-0.05, 0) is 30.3 Å². The molecule has 1 aromatic carbocycles. The lowest BCUT2D eigenvalue weighted by Gasteiger charge is -1.99. The number of carbonyl (C=O) groups is 1. The second-order valence-corrected chi connectivity index (χ2v) is 7.47. The van der Waals surface area contributed by atoms with E-state index in [1.807, 2.05) is 35.9 Å². The molecule has 22 heavy (non-hydrogen) atoms. The summed E-state index contributed by atoms with van der Waals surface area (Å²) in [6.45, 7) is 0. The predicted octanol–water partition coefficient (Wildman–Crippen LogP) is 3.63. The van der Waals surface area contributed by atoms with Gasteiger partial charge in [-0.25, -0.2) is 0 Å². The van der Waals surface area contributed by atoms with E-state index in [0.29, 0.717) is 9.14 Å². The number of aryl methyl sites for hydroxylation is 1. The Morgan fingerprint density at radius 3 is 2.82 bits per heavy atom. The van der Waals surface area contributed by atoms with Crippen molar-refractivity contribution >= 4 is 50.4 Å². The van der Waals surface area contributed by atoms with Gasteiger partial charge in [0.05, 0.1) is 28.1 Å². The Hall–Kier alpha value is -1.63. The molecule has 0 unspecified atom stereocenters. The number of methoxy groups -OCH3 is 1. The molecule has 0 spiro atoms. The third kappa shape index (κ3) is 3.09. The fourth-order valence-corrected chi connectivity index (χ4v) is 4.23. The number of carbonyl (C=O) groups excluding carboxylic acids is 1. The minimum Gasteiger partial charge on any atom is -0.497 e. The Labute approximate surface area is 140 Å². The van der Waals surface area contributed by atoms with Gasteiger partial charge in [-0.3, -0.25) is 4.79 Å². The van der Waals surface area contributed by atoms with Crippen molar-refractivity contribution in [2.24, 2.45) is 12.0 Å². The maximum Gasteiger partial charge on any atom is 0.253 e. The molecule has 7 heteroatoms. The molecule has 0 aliphatic carbocycles. The van der Waals surface area contributed by atoms with E-state index in [0.717, 1.165) is 20.8 Å². The Morgan fingerprint density at radius 1 is 1.32 bits per heavy atom. The predicted molar refractivity (Wildman–Crippen MR) is 91.0 cm³/mol. The quantitative estimate of drug-likeness (QED) is 0.722. The first-order valence-corrected chi connectivity index (χ1v) is 8.53. The lowest BCUT2D eigenvalue weighted by molar-refractivity contribution is -0.117. The van der Waals surface area contributed by atoms with Gasteiger partial charge in [0, 0.05) is 11.9 Å². The van der Waals surface area contributed by atoms with Crippen molar-refractivity contribution in [3.8, 4) is 5.75 Å². The summed E-state index contributed by atoms with van der Waals surface area (Å²) in [5, 5.41) is 0. The molecule has 2 aromatic heterocycles. The van der Waals surface area contributed by atoms with Gasteiger partial charge in [-0.1, -0.05) is 22.9 Å². The van der Waals surface area contributed by atoms with Crippen LogP contribution in [0.1, 0.15) is 4.88 Å². The highest BCUT2D eigenvalue weighted by Gasteiger charge is 2.08. The first-order chi connectivity index (χ1) is 10.6. The molecule has 2 heterocycles. The lowest BCUT2D eigenvalue weighted by Crippen LogP contribution is -2.13. The largest absolute Gasteiger partial charge is 0.497 e. The van der Waals surface area contributed by atoms with Crippen LogP contribution in [0, 0.1) is 0 Å². The summed E-state index contributed by atoms with van der Waals surface area (Å²) in [5.74, 6) is 0.619. The molecule has 0 bridgehead atoms. The molecule has 0 saturated heterocycles. The molecule has 0 N–H and O–H groups in total. The number of thiazole rings is 1. The van der Waals surface area contributed by atoms with E-state index in [1.165, 1.54) is 22.7 Å². The van der Waals surface area contributed by atoms with Crippen LogP contribution >= 0.6 is 34.3 Å². The van der Waals surface area contributed by atoms with E-state index in [9.17, 15) is 4.79 Å². The van der Waals surface area contributed by atoms with Crippen molar-refractivity contribution in [3.63, 3.8) is 0 Å². The number of halogens is 1. The van der Waals surface area contributed by atoms with Gasteiger partial charge in [0.1, 0.15) is 5.75 Å². The third-order valence-electron chi connectivity index (χ3n) is 3.19. The molecule has 3 aromatic rings. The molecular weight excluding hydrogens is 340 g/mol. The molecule has 0 radical (unpaired) electrons. The van der Waals surface area contributed by atoms with Crippen LogP contribution in [0.25, 0.3) is 10.2 Å². The van der Waals surface area contributed by atoms with Crippen molar-refractivity contribution in [3.05, 3.63) is 44.3 Å². The van der Waals surface area contributed by atoms with Crippen molar-refractivity contribution in [2.45, 2.75) is 6.42 Å². The average Bonchev–Trinajstić information content (AvgIpc) is 3.03. The molecule has 0 aliphatic rings. The SMILES string of the molecule is COc1ccc2c(c1)sc(=NC(=O)Cc1ccc(Cl)s1)n2C. The number of thiophene rings is 1.